The molecular weight excluding hydrogens is 324 g/mol. The zero-order chi connectivity index (χ0) is 17.5. The first-order chi connectivity index (χ1) is 11.5. The van der Waals surface area contributed by atoms with Crippen LogP contribution in [0.15, 0.2) is 21.9 Å². The maximum atomic E-state index is 12.1. The number of hydrogen-bond donors (Lipinski definition) is 1. The lowest BCUT2D eigenvalue weighted by Gasteiger charge is -2.13. The van der Waals surface area contributed by atoms with Gasteiger partial charge in [0.1, 0.15) is 5.76 Å². The van der Waals surface area contributed by atoms with Gasteiger partial charge in [0.25, 0.3) is 0 Å². The SMILES string of the molecule is CCCCCC(C)NC(=O)CSc1nnc(-c2ccoc2C)n1C. The molecule has 0 bridgehead atoms. The van der Waals surface area contributed by atoms with Crippen molar-refractivity contribution >= 4 is 17.7 Å². The number of hydrogen-bond acceptors (Lipinski definition) is 5. The van der Waals surface area contributed by atoms with Gasteiger partial charge in [0.2, 0.25) is 5.91 Å². The van der Waals surface area contributed by atoms with E-state index in [9.17, 15) is 4.79 Å². The number of furan rings is 1. The van der Waals surface area contributed by atoms with Crippen molar-refractivity contribution in [2.75, 3.05) is 5.75 Å². The third kappa shape index (κ3) is 4.87. The van der Waals surface area contributed by atoms with Gasteiger partial charge in [-0.05, 0) is 26.3 Å². The minimum absolute atomic E-state index is 0.0352. The van der Waals surface area contributed by atoms with Gasteiger partial charge in [-0.15, -0.1) is 10.2 Å². The molecule has 7 heteroatoms. The number of carbonyl (C=O) groups is 1. The summed E-state index contributed by atoms with van der Waals surface area (Å²) in [5.41, 5.74) is 0.922. The van der Waals surface area contributed by atoms with E-state index >= 15 is 0 Å². The monoisotopic (exact) mass is 350 g/mol. The first-order valence-corrected chi connectivity index (χ1v) is 9.37. The van der Waals surface area contributed by atoms with Crippen LogP contribution in [0, 0.1) is 6.92 Å². The number of thioether (sulfide) groups is 1. The molecule has 2 aromatic rings. The molecule has 24 heavy (non-hydrogen) atoms. The zero-order valence-electron chi connectivity index (χ0n) is 14.8. The average molecular weight is 350 g/mol. The van der Waals surface area contributed by atoms with Crippen LogP contribution >= 0.6 is 11.8 Å². The largest absolute Gasteiger partial charge is 0.469 e. The van der Waals surface area contributed by atoms with E-state index in [4.69, 9.17) is 4.42 Å². The van der Waals surface area contributed by atoms with Crippen LogP contribution in [0.3, 0.4) is 0 Å². The number of amides is 1. The molecule has 1 amide bonds. The highest BCUT2D eigenvalue weighted by atomic mass is 32.2. The van der Waals surface area contributed by atoms with E-state index in [0.717, 1.165) is 35.1 Å². The van der Waals surface area contributed by atoms with Gasteiger partial charge in [-0.25, -0.2) is 0 Å². The second kappa shape index (κ2) is 8.92. The summed E-state index contributed by atoms with van der Waals surface area (Å²) in [5, 5.41) is 12.1. The molecule has 0 aliphatic rings. The van der Waals surface area contributed by atoms with Gasteiger partial charge >= 0.3 is 0 Å². The van der Waals surface area contributed by atoms with E-state index < -0.39 is 0 Å². The quantitative estimate of drug-likeness (QED) is 0.553. The molecule has 0 spiro atoms. The topological polar surface area (TPSA) is 73.0 Å². The molecule has 2 rings (SSSR count). The lowest BCUT2D eigenvalue weighted by molar-refractivity contribution is -0.119. The van der Waals surface area contributed by atoms with Gasteiger partial charge in [0.15, 0.2) is 11.0 Å². The van der Waals surface area contributed by atoms with Crippen molar-refractivity contribution in [2.24, 2.45) is 7.05 Å². The van der Waals surface area contributed by atoms with Gasteiger partial charge in [0, 0.05) is 13.1 Å². The summed E-state index contributed by atoms with van der Waals surface area (Å²) in [6.45, 7) is 6.13. The second-order valence-electron chi connectivity index (χ2n) is 6.01. The van der Waals surface area contributed by atoms with Crippen LogP contribution in [-0.2, 0) is 11.8 Å². The maximum Gasteiger partial charge on any atom is 0.230 e. The van der Waals surface area contributed by atoms with Crippen LogP contribution in [0.2, 0.25) is 0 Å². The number of nitrogens with one attached hydrogen (secondary N) is 1. The van der Waals surface area contributed by atoms with Crippen molar-refractivity contribution in [1.82, 2.24) is 20.1 Å². The fraction of sp³-hybridized carbons (Fsp3) is 0.588. The number of carbonyl (C=O) groups excluding carboxylic acids is 1. The summed E-state index contributed by atoms with van der Waals surface area (Å²) >= 11 is 1.40. The molecule has 1 unspecified atom stereocenters. The summed E-state index contributed by atoms with van der Waals surface area (Å²) in [4.78, 5) is 12.1. The number of nitrogens with zero attached hydrogens (tertiary/aromatic N) is 3. The third-order valence-corrected chi connectivity index (χ3v) is 4.94. The molecule has 0 aromatic carbocycles. The second-order valence-corrected chi connectivity index (χ2v) is 6.95. The molecule has 2 aromatic heterocycles. The van der Waals surface area contributed by atoms with Crippen molar-refractivity contribution in [3.05, 3.63) is 18.1 Å². The Bertz CT molecular complexity index is 665. The molecule has 0 saturated carbocycles. The van der Waals surface area contributed by atoms with E-state index in [1.54, 1.807) is 6.26 Å². The van der Waals surface area contributed by atoms with Gasteiger partial charge in [0.05, 0.1) is 17.6 Å². The number of aromatic nitrogens is 3. The summed E-state index contributed by atoms with van der Waals surface area (Å²) in [6.07, 6.45) is 6.23. The van der Waals surface area contributed by atoms with E-state index in [1.165, 1.54) is 24.6 Å². The van der Waals surface area contributed by atoms with Crippen LogP contribution in [0.5, 0.6) is 0 Å². The number of aryl methyl sites for hydroxylation is 1. The highest BCUT2D eigenvalue weighted by Gasteiger charge is 2.16. The Hall–Kier alpha value is -1.76. The highest BCUT2D eigenvalue weighted by molar-refractivity contribution is 7.99. The van der Waals surface area contributed by atoms with Gasteiger partial charge < -0.3 is 14.3 Å². The molecule has 1 atom stereocenters. The zero-order valence-corrected chi connectivity index (χ0v) is 15.7. The lowest BCUT2D eigenvalue weighted by atomic mass is 10.1. The molecule has 0 saturated heterocycles. The minimum atomic E-state index is 0.0352. The predicted octanol–water partition coefficient (Wildman–Crippen LogP) is 3.56. The van der Waals surface area contributed by atoms with Crippen LogP contribution in [-0.4, -0.2) is 32.5 Å². The maximum absolute atomic E-state index is 12.1. The van der Waals surface area contributed by atoms with Gasteiger partial charge in [-0.3, -0.25) is 4.79 Å². The Labute approximate surface area is 147 Å². The molecule has 6 nitrogen and oxygen atoms in total. The van der Waals surface area contributed by atoms with Crippen molar-refractivity contribution in [1.29, 1.82) is 0 Å². The third-order valence-electron chi connectivity index (χ3n) is 3.92. The molecule has 132 valence electrons. The fourth-order valence-corrected chi connectivity index (χ4v) is 3.23. The first kappa shape index (κ1) is 18.6. The predicted molar refractivity (Wildman–Crippen MR) is 95.9 cm³/mol. The van der Waals surface area contributed by atoms with Crippen LogP contribution in [0.25, 0.3) is 11.4 Å². The number of unbranched alkanes of at least 4 members (excludes halogenated alkanes) is 2. The molecule has 0 fully saturated rings. The summed E-state index contributed by atoms with van der Waals surface area (Å²) < 4.78 is 7.20. The summed E-state index contributed by atoms with van der Waals surface area (Å²) in [7, 11) is 1.90. The Morgan fingerprint density at radius 1 is 1.42 bits per heavy atom. The lowest BCUT2D eigenvalue weighted by Crippen LogP contribution is -2.33. The molecule has 2 heterocycles. The Balaban J connectivity index is 1.85. The molecule has 0 aliphatic heterocycles. The molecular formula is C17H26N4O2S. The molecule has 0 radical (unpaired) electrons. The first-order valence-electron chi connectivity index (χ1n) is 8.39. The van der Waals surface area contributed by atoms with Crippen LogP contribution in [0.4, 0.5) is 0 Å². The Morgan fingerprint density at radius 2 is 2.21 bits per heavy atom. The molecule has 1 N–H and O–H groups in total. The van der Waals surface area contributed by atoms with Crippen molar-refractivity contribution in [2.45, 2.75) is 57.7 Å². The van der Waals surface area contributed by atoms with E-state index in [1.807, 2.05) is 24.6 Å². The van der Waals surface area contributed by atoms with Crippen LogP contribution < -0.4 is 5.32 Å². The Morgan fingerprint density at radius 3 is 2.88 bits per heavy atom. The summed E-state index contributed by atoms with van der Waals surface area (Å²) in [6, 6.07) is 2.09. The normalized spacial score (nSPS) is 12.3. The van der Waals surface area contributed by atoms with E-state index in [2.05, 4.69) is 29.4 Å². The van der Waals surface area contributed by atoms with Crippen LogP contribution in [0.1, 0.15) is 45.3 Å². The fourth-order valence-electron chi connectivity index (χ4n) is 2.51. The van der Waals surface area contributed by atoms with Gasteiger partial charge in [-0.2, -0.15) is 0 Å². The minimum Gasteiger partial charge on any atom is -0.469 e. The highest BCUT2D eigenvalue weighted by Crippen LogP contribution is 2.25. The smallest absolute Gasteiger partial charge is 0.230 e. The van der Waals surface area contributed by atoms with Crippen molar-refractivity contribution in [3.63, 3.8) is 0 Å². The summed E-state index contributed by atoms with van der Waals surface area (Å²) in [5.74, 6) is 1.93. The van der Waals surface area contributed by atoms with E-state index in [-0.39, 0.29) is 11.9 Å². The van der Waals surface area contributed by atoms with Crippen molar-refractivity contribution in [3.8, 4) is 11.4 Å². The standard InChI is InChI=1S/C17H26N4O2S/c1-5-6-7-8-12(2)18-15(22)11-24-17-20-19-16(21(17)4)14-9-10-23-13(14)3/h9-10,12H,5-8,11H2,1-4H3,(H,18,22). The van der Waals surface area contributed by atoms with E-state index in [0.29, 0.717) is 5.75 Å². The Kier molecular flexibility index (Phi) is 6.90. The average Bonchev–Trinajstić information content (AvgIpc) is 3.11. The van der Waals surface area contributed by atoms with Gasteiger partial charge in [-0.1, -0.05) is 37.9 Å². The number of rotatable bonds is 9. The van der Waals surface area contributed by atoms with Crippen molar-refractivity contribution < 1.29 is 9.21 Å². The molecule has 0 aliphatic carbocycles.